The third kappa shape index (κ3) is 5.92. The van der Waals surface area contributed by atoms with E-state index in [1.807, 2.05) is 45.0 Å². The molecule has 2 N–H and O–H groups in total. The number of benzene rings is 2. The summed E-state index contributed by atoms with van der Waals surface area (Å²) < 4.78 is 5.72. The molecule has 1 unspecified atom stereocenters. The number of carbonyl (C=O) groups excluding carboxylic acids is 2. The second kappa shape index (κ2) is 9.04. The summed E-state index contributed by atoms with van der Waals surface area (Å²) in [5.41, 5.74) is 2.34. The van der Waals surface area contributed by atoms with Crippen molar-refractivity contribution in [2.45, 2.75) is 40.2 Å². The molecule has 0 saturated carbocycles. The Kier molecular flexibility index (Phi) is 6.78. The van der Waals surface area contributed by atoms with Crippen LogP contribution in [0.15, 0.2) is 48.5 Å². The number of hydrogen-bond donors (Lipinski definition) is 2. The van der Waals surface area contributed by atoms with Gasteiger partial charge < -0.3 is 15.4 Å². The van der Waals surface area contributed by atoms with E-state index < -0.39 is 6.10 Å². The van der Waals surface area contributed by atoms with Gasteiger partial charge in [0.15, 0.2) is 6.10 Å². The zero-order chi connectivity index (χ0) is 19.1. The van der Waals surface area contributed by atoms with Crippen molar-refractivity contribution in [1.82, 2.24) is 0 Å². The molecular formula is C21H26N2O3. The van der Waals surface area contributed by atoms with Crippen LogP contribution in [0.5, 0.6) is 5.75 Å². The van der Waals surface area contributed by atoms with Crippen LogP contribution in [-0.2, 0) is 9.59 Å². The van der Waals surface area contributed by atoms with Crippen molar-refractivity contribution < 1.29 is 14.3 Å². The fourth-order valence-electron chi connectivity index (χ4n) is 2.40. The average molecular weight is 354 g/mol. The number of aryl methyl sites for hydroxylation is 1. The first-order chi connectivity index (χ1) is 12.3. The number of carbonyl (C=O) groups is 2. The van der Waals surface area contributed by atoms with Crippen LogP contribution in [0, 0.1) is 12.8 Å². The van der Waals surface area contributed by atoms with Crippen LogP contribution in [0.25, 0.3) is 0 Å². The second-order valence-corrected chi connectivity index (χ2v) is 6.74. The van der Waals surface area contributed by atoms with E-state index in [2.05, 4.69) is 10.6 Å². The van der Waals surface area contributed by atoms with Crippen molar-refractivity contribution in [3.63, 3.8) is 0 Å². The molecule has 0 aliphatic heterocycles. The Morgan fingerprint density at radius 3 is 2.08 bits per heavy atom. The van der Waals surface area contributed by atoms with E-state index in [0.29, 0.717) is 29.5 Å². The van der Waals surface area contributed by atoms with E-state index in [0.717, 1.165) is 5.56 Å². The summed E-state index contributed by atoms with van der Waals surface area (Å²) in [5, 5.41) is 5.66. The molecule has 2 aromatic carbocycles. The smallest absolute Gasteiger partial charge is 0.265 e. The van der Waals surface area contributed by atoms with Crippen molar-refractivity contribution in [3.05, 3.63) is 54.1 Å². The molecular weight excluding hydrogens is 328 g/mol. The van der Waals surface area contributed by atoms with Crippen LogP contribution in [-0.4, -0.2) is 17.9 Å². The molecule has 0 fully saturated rings. The lowest BCUT2D eigenvalue weighted by molar-refractivity contribution is -0.122. The van der Waals surface area contributed by atoms with E-state index in [4.69, 9.17) is 4.74 Å². The van der Waals surface area contributed by atoms with E-state index in [1.54, 1.807) is 31.2 Å². The predicted octanol–water partition coefficient (Wildman–Crippen LogP) is 4.39. The normalized spacial score (nSPS) is 11.7. The summed E-state index contributed by atoms with van der Waals surface area (Å²) in [6.45, 7) is 7.64. The largest absolute Gasteiger partial charge is 0.481 e. The van der Waals surface area contributed by atoms with Gasteiger partial charge in [0.1, 0.15) is 5.75 Å². The van der Waals surface area contributed by atoms with Crippen molar-refractivity contribution in [1.29, 1.82) is 0 Å². The molecule has 0 saturated heterocycles. The van der Waals surface area contributed by atoms with Crippen LogP contribution in [0.2, 0.25) is 0 Å². The van der Waals surface area contributed by atoms with Crippen molar-refractivity contribution in [2.75, 3.05) is 10.6 Å². The summed E-state index contributed by atoms with van der Waals surface area (Å²) >= 11 is 0. The van der Waals surface area contributed by atoms with Gasteiger partial charge in [-0.3, -0.25) is 9.59 Å². The summed E-state index contributed by atoms with van der Waals surface area (Å²) in [6.07, 6.45) is -0.145. The highest BCUT2D eigenvalue weighted by Gasteiger charge is 2.15. The van der Waals surface area contributed by atoms with Gasteiger partial charge in [0, 0.05) is 17.8 Å². The minimum absolute atomic E-state index is 0.0166. The molecule has 2 amide bonds. The first-order valence-corrected chi connectivity index (χ1v) is 8.78. The van der Waals surface area contributed by atoms with Crippen molar-refractivity contribution >= 4 is 23.2 Å². The van der Waals surface area contributed by atoms with Crippen LogP contribution in [0.4, 0.5) is 11.4 Å². The molecule has 5 nitrogen and oxygen atoms in total. The number of anilines is 2. The van der Waals surface area contributed by atoms with Gasteiger partial charge in [0.25, 0.3) is 5.91 Å². The lowest BCUT2D eigenvalue weighted by Crippen LogP contribution is -2.30. The highest BCUT2D eigenvalue weighted by molar-refractivity contribution is 5.95. The van der Waals surface area contributed by atoms with Crippen LogP contribution in [0.3, 0.4) is 0 Å². The summed E-state index contributed by atoms with van der Waals surface area (Å²) in [5.74, 6) is 0.753. The lowest BCUT2D eigenvalue weighted by Gasteiger charge is -2.16. The summed E-state index contributed by atoms with van der Waals surface area (Å²) in [7, 11) is 0. The standard InChI is InChI=1S/C21H26N2O3/c1-14(2)13-20(24)22-17-9-11-18(12-10-17)23-21(25)16(4)26-19-8-6-5-7-15(19)3/h5-12,14,16H,13H2,1-4H3,(H,22,24)(H,23,25). The molecule has 0 aliphatic rings. The molecule has 0 spiro atoms. The zero-order valence-corrected chi connectivity index (χ0v) is 15.7. The molecule has 0 aliphatic carbocycles. The Balaban J connectivity index is 1.90. The number of nitrogens with one attached hydrogen (secondary N) is 2. The van der Waals surface area contributed by atoms with E-state index in [9.17, 15) is 9.59 Å². The van der Waals surface area contributed by atoms with Gasteiger partial charge >= 0.3 is 0 Å². The van der Waals surface area contributed by atoms with Gasteiger partial charge in [0.2, 0.25) is 5.91 Å². The molecule has 138 valence electrons. The highest BCUT2D eigenvalue weighted by Crippen LogP contribution is 2.19. The van der Waals surface area contributed by atoms with E-state index >= 15 is 0 Å². The Bertz CT molecular complexity index is 754. The number of ether oxygens (including phenoxy) is 1. The average Bonchev–Trinajstić information content (AvgIpc) is 2.57. The molecule has 5 heteroatoms. The lowest BCUT2D eigenvalue weighted by atomic mass is 10.1. The SMILES string of the molecule is Cc1ccccc1OC(C)C(=O)Nc1ccc(NC(=O)CC(C)C)cc1. The Morgan fingerprint density at radius 2 is 1.50 bits per heavy atom. The van der Waals surface area contributed by atoms with Gasteiger partial charge in [-0.25, -0.2) is 0 Å². The van der Waals surface area contributed by atoms with Gasteiger partial charge in [0.05, 0.1) is 0 Å². The molecule has 0 heterocycles. The maximum absolute atomic E-state index is 12.3. The monoisotopic (exact) mass is 354 g/mol. The summed E-state index contributed by atoms with van der Waals surface area (Å²) in [4.78, 5) is 24.1. The number of hydrogen-bond acceptors (Lipinski definition) is 3. The summed E-state index contributed by atoms with van der Waals surface area (Å²) in [6, 6.07) is 14.6. The molecule has 26 heavy (non-hydrogen) atoms. The van der Waals surface area contributed by atoms with Crippen molar-refractivity contribution in [2.24, 2.45) is 5.92 Å². The third-order valence-corrected chi connectivity index (χ3v) is 3.80. The predicted molar refractivity (Wildman–Crippen MR) is 104 cm³/mol. The van der Waals surface area contributed by atoms with E-state index in [-0.39, 0.29) is 11.8 Å². The van der Waals surface area contributed by atoms with Crippen molar-refractivity contribution in [3.8, 4) is 5.75 Å². The van der Waals surface area contributed by atoms with Gasteiger partial charge in [-0.1, -0.05) is 32.0 Å². The van der Waals surface area contributed by atoms with Crippen LogP contribution >= 0.6 is 0 Å². The number of para-hydroxylation sites is 1. The first-order valence-electron chi connectivity index (χ1n) is 8.78. The van der Waals surface area contributed by atoms with E-state index in [1.165, 1.54) is 0 Å². The first kappa shape index (κ1) is 19.5. The zero-order valence-electron chi connectivity index (χ0n) is 15.7. The Morgan fingerprint density at radius 1 is 0.923 bits per heavy atom. The molecule has 0 aromatic heterocycles. The quantitative estimate of drug-likeness (QED) is 0.775. The van der Waals surface area contributed by atoms with Crippen LogP contribution < -0.4 is 15.4 Å². The second-order valence-electron chi connectivity index (χ2n) is 6.74. The molecule has 1 atom stereocenters. The van der Waals surface area contributed by atoms with Gasteiger partial charge in [-0.2, -0.15) is 0 Å². The topological polar surface area (TPSA) is 67.4 Å². The Hall–Kier alpha value is -2.82. The van der Waals surface area contributed by atoms with Gasteiger partial charge in [-0.15, -0.1) is 0 Å². The molecule has 2 aromatic rings. The number of rotatable bonds is 7. The fraction of sp³-hybridized carbons (Fsp3) is 0.333. The minimum Gasteiger partial charge on any atom is -0.481 e. The maximum Gasteiger partial charge on any atom is 0.265 e. The third-order valence-electron chi connectivity index (χ3n) is 3.80. The fourth-order valence-corrected chi connectivity index (χ4v) is 2.40. The molecule has 2 rings (SSSR count). The maximum atomic E-state index is 12.3. The van der Waals surface area contributed by atoms with Crippen LogP contribution in [0.1, 0.15) is 32.8 Å². The molecule has 0 radical (unpaired) electrons. The number of amides is 2. The highest BCUT2D eigenvalue weighted by atomic mass is 16.5. The Labute approximate surface area is 154 Å². The minimum atomic E-state index is -0.624. The van der Waals surface area contributed by atoms with Gasteiger partial charge in [-0.05, 0) is 55.7 Å². The molecule has 0 bridgehead atoms.